The molecular weight excluding hydrogens is 316 g/mol. The van der Waals surface area contributed by atoms with Gasteiger partial charge in [0.2, 0.25) is 0 Å². The number of methoxy groups -OCH3 is 1. The van der Waals surface area contributed by atoms with Gasteiger partial charge in [-0.15, -0.1) is 0 Å². The Morgan fingerprint density at radius 1 is 1.25 bits per heavy atom. The number of aromatic nitrogens is 3. The summed E-state index contributed by atoms with van der Waals surface area (Å²) in [5, 5.41) is 11.0. The van der Waals surface area contributed by atoms with Gasteiger partial charge in [0, 0.05) is 18.3 Å². The molecule has 122 valence electrons. The van der Waals surface area contributed by atoms with Gasteiger partial charge in [0.15, 0.2) is 11.4 Å². The van der Waals surface area contributed by atoms with E-state index in [9.17, 15) is 9.59 Å². The molecule has 3 rings (SSSR count). The highest BCUT2D eigenvalue weighted by molar-refractivity contribution is 5.85. The van der Waals surface area contributed by atoms with E-state index in [1.54, 1.807) is 12.1 Å². The van der Waals surface area contributed by atoms with Crippen LogP contribution in [0, 0.1) is 0 Å². The summed E-state index contributed by atoms with van der Waals surface area (Å²) in [5.41, 5.74) is 0.622. The van der Waals surface area contributed by atoms with Gasteiger partial charge in [-0.25, -0.2) is 14.8 Å². The van der Waals surface area contributed by atoms with Crippen molar-refractivity contribution in [1.29, 1.82) is 0 Å². The first-order valence-corrected chi connectivity index (χ1v) is 6.76. The third-order valence-electron chi connectivity index (χ3n) is 3.08. The Labute approximate surface area is 134 Å². The van der Waals surface area contributed by atoms with Gasteiger partial charge in [-0.1, -0.05) is 0 Å². The topological polar surface area (TPSA) is 126 Å². The van der Waals surface area contributed by atoms with Gasteiger partial charge in [-0.05, 0) is 12.1 Å². The quantitative estimate of drug-likeness (QED) is 0.670. The van der Waals surface area contributed by atoms with Crippen LogP contribution in [0.15, 0.2) is 41.5 Å². The van der Waals surface area contributed by atoms with Crippen molar-refractivity contribution >= 4 is 22.9 Å². The first-order chi connectivity index (χ1) is 11.6. The molecule has 3 aromatic rings. The van der Waals surface area contributed by atoms with Crippen LogP contribution >= 0.6 is 0 Å². The minimum atomic E-state index is -1.20. The number of rotatable bonds is 4. The monoisotopic (exact) mass is 328 g/mol. The summed E-state index contributed by atoms with van der Waals surface area (Å²) in [6, 6.07) is 6.22. The number of carboxylic acid groups (broad SMARTS) is 1. The molecule has 0 bridgehead atoms. The van der Waals surface area contributed by atoms with Crippen molar-refractivity contribution in [2.24, 2.45) is 0 Å². The van der Waals surface area contributed by atoms with Crippen molar-refractivity contribution < 1.29 is 19.4 Å². The normalized spacial score (nSPS) is 10.4. The van der Waals surface area contributed by atoms with E-state index >= 15 is 0 Å². The van der Waals surface area contributed by atoms with Crippen LogP contribution in [0.3, 0.4) is 0 Å². The molecule has 0 fully saturated rings. The van der Waals surface area contributed by atoms with Gasteiger partial charge in [0.05, 0.1) is 19.0 Å². The molecule has 3 N–H and O–H groups in total. The van der Waals surface area contributed by atoms with E-state index < -0.39 is 6.09 Å². The number of hydrogen-bond donors (Lipinski definition) is 3. The number of fused-ring (bicyclic) bond motifs is 1. The second-order valence-corrected chi connectivity index (χ2v) is 4.65. The van der Waals surface area contributed by atoms with Gasteiger partial charge in [0.25, 0.3) is 5.56 Å². The Morgan fingerprint density at radius 3 is 2.83 bits per heavy atom. The molecule has 2 aromatic heterocycles. The maximum atomic E-state index is 11.3. The lowest BCUT2D eigenvalue weighted by atomic mass is 10.2. The first-order valence-electron chi connectivity index (χ1n) is 6.76. The zero-order chi connectivity index (χ0) is 17.1. The molecule has 1 amide bonds. The summed E-state index contributed by atoms with van der Waals surface area (Å²) in [6.07, 6.45) is 1.42. The Hall–Kier alpha value is -3.62. The van der Waals surface area contributed by atoms with Crippen LogP contribution in [0.1, 0.15) is 0 Å². The number of nitrogens with zero attached hydrogens (tertiary/aromatic N) is 2. The molecular formula is C15H12N4O5. The second-order valence-electron chi connectivity index (χ2n) is 4.65. The van der Waals surface area contributed by atoms with Crippen LogP contribution in [0.5, 0.6) is 17.2 Å². The molecule has 0 saturated heterocycles. The molecule has 0 spiro atoms. The van der Waals surface area contributed by atoms with Crippen LogP contribution in [0.25, 0.3) is 11.2 Å². The molecule has 9 nitrogen and oxygen atoms in total. The summed E-state index contributed by atoms with van der Waals surface area (Å²) in [7, 11) is 1.42. The van der Waals surface area contributed by atoms with Gasteiger partial charge in [-0.3, -0.25) is 10.1 Å². The van der Waals surface area contributed by atoms with E-state index in [0.29, 0.717) is 34.1 Å². The van der Waals surface area contributed by atoms with Crippen molar-refractivity contribution in [3.05, 3.63) is 47.0 Å². The molecule has 0 saturated carbocycles. The van der Waals surface area contributed by atoms with Crippen LogP contribution in [0.2, 0.25) is 0 Å². The Kier molecular flexibility index (Phi) is 3.98. The first kappa shape index (κ1) is 15.3. The lowest BCUT2D eigenvalue weighted by Crippen LogP contribution is -2.08. The SMILES string of the molecule is COc1cc(Oc2ccnc3[nH]c(=O)cnc23)ccc1NC(=O)O. The fourth-order valence-corrected chi connectivity index (χ4v) is 2.09. The van der Waals surface area contributed by atoms with Crippen LogP contribution < -0.4 is 20.3 Å². The van der Waals surface area contributed by atoms with E-state index in [2.05, 4.69) is 20.3 Å². The van der Waals surface area contributed by atoms with E-state index in [0.717, 1.165) is 6.20 Å². The summed E-state index contributed by atoms with van der Waals surface area (Å²) in [4.78, 5) is 32.6. The number of nitrogens with one attached hydrogen (secondary N) is 2. The molecule has 0 radical (unpaired) electrons. The molecule has 0 aliphatic rings. The number of anilines is 1. The lowest BCUT2D eigenvalue weighted by Gasteiger charge is -2.12. The minimum absolute atomic E-state index is 0.291. The van der Waals surface area contributed by atoms with E-state index in [4.69, 9.17) is 14.6 Å². The van der Waals surface area contributed by atoms with Crippen molar-refractivity contribution in [2.75, 3.05) is 12.4 Å². The van der Waals surface area contributed by atoms with Crippen molar-refractivity contribution in [2.45, 2.75) is 0 Å². The molecule has 0 aliphatic heterocycles. The van der Waals surface area contributed by atoms with Gasteiger partial charge in [-0.2, -0.15) is 0 Å². The molecule has 1 aromatic carbocycles. The predicted octanol–water partition coefficient (Wildman–Crippen LogP) is 2.21. The number of benzene rings is 1. The van der Waals surface area contributed by atoms with Crippen LogP contribution in [-0.2, 0) is 0 Å². The van der Waals surface area contributed by atoms with E-state index in [1.807, 2.05) is 0 Å². The second kappa shape index (κ2) is 6.24. The van der Waals surface area contributed by atoms with Crippen LogP contribution in [-0.4, -0.2) is 33.3 Å². The number of pyridine rings is 1. The zero-order valence-corrected chi connectivity index (χ0v) is 12.4. The van der Waals surface area contributed by atoms with E-state index in [1.165, 1.54) is 25.4 Å². The Bertz CT molecular complexity index is 969. The molecule has 0 unspecified atom stereocenters. The third-order valence-corrected chi connectivity index (χ3v) is 3.08. The summed E-state index contributed by atoms with van der Waals surface area (Å²) in [5.74, 6) is 1.09. The number of ether oxygens (including phenoxy) is 2. The van der Waals surface area contributed by atoms with E-state index in [-0.39, 0.29) is 5.56 Å². The molecule has 0 aliphatic carbocycles. The highest BCUT2D eigenvalue weighted by Gasteiger charge is 2.11. The average Bonchev–Trinajstić information content (AvgIpc) is 2.55. The van der Waals surface area contributed by atoms with Gasteiger partial charge in [0.1, 0.15) is 17.0 Å². The van der Waals surface area contributed by atoms with Crippen LogP contribution in [0.4, 0.5) is 10.5 Å². The van der Waals surface area contributed by atoms with Crippen molar-refractivity contribution in [1.82, 2.24) is 15.0 Å². The maximum Gasteiger partial charge on any atom is 0.409 e. The lowest BCUT2D eigenvalue weighted by molar-refractivity contribution is 0.209. The average molecular weight is 328 g/mol. The number of amides is 1. The Balaban J connectivity index is 1.97. The largest absolute Gasteiger partial charge is 0.494 e. The highest BCUT2D eigenvalue weighted by Crippen LogP contribution is 2.33. The molecule has 24 heavy (non-hydrogen) atoms. The smallest absolute Gasteiger partial charge is 0.409 e. The number of H-pyrrole nitrogens is 1. The fourth-order valence-electron chi connectivity index (χ4n) is 2.09. The Morgan fingerprint density at radius 2 is 2.08 bits per heavy atom. The molecule has 0 atom stereocenters. The minimum Gasteiger partial charge on any atom is -0.494 e. The number of carbonyl (C=O) groups is 1. The number of aromatic amines is 1. The molecule has 2 heterocycles. The summed E-state index contributed by atoms with van der Waals surface area (Å²) in [6.45, 7) is 0. The fraction of sp³-hybridized carbons (Fsp3) is 0.0667. The van der Waals surface area contributed by atoms with Gasteiger partial charge < -0.3 is 19.6 Å². The van der Waals surface area contributed by atoms with Crippen molar-refractivity contribution in [3.8, 4) is 17.2 Å². The zero-order valence-electron chi connectivity index (χ0n) is 12.4. The van der Waals surface area contributed by atoms with Crippen molar-refractivity contribution in [3.63, 3.8) is 0 Å². The molecule has 9 heteroatoms. The summed E-state index contributed by atoms with van der Waals surface area (Å²) < 4.78 is 10.9. The predicted molar refractivity (Wildman–Crippen MR) is 84.9 cm³/mol. The standard InChI is InChI=1S/C15H12N4O5/c1-23-11-6-8(2-3-9(11)18-15(21)22)24-10-4-5-16-14-13(10)17-7-12(20)19-14/h2-7,18H,1H3,(H,21,22)(H,16,19,20). The van der Waals surface area contributed by atoms with Gasteiger partial charge >= 0.3 is 6.09 Å². The highest BCUT2D eigenvalue weighted by atomic mass is 16.5. The maximum absolute atomic E-state index is 11.3. The third kappa shape index (κ3) is 3.09. The summed E-state index contributed by atoms with van der Waals surface area (Å²) >= 11 is 0. The number of hydrogen-bond acceptors (Lipinski definition) is 6.